The molecule has 0 aliphatic carbocycles. The van der Waals surface area contributed by atoms with Gasteiger partial charge in [0.2, 0.25) is 0 Å². The second-order valence-corrected chi connectivity index (χ2v) is 5.01. The van der Waals surface area contributed by atoms with Crippen LogP contribution in [0.15, 0.2) is 54.6 Å². The van der Waals surface area contributed by atoms with E-state index in [4.69, 9.17) is 11.6 Å². The number of halogens is 1. The maximum atomic E-state index is 6.01. The lowest BCUT2D eigenvalue weighted by Crippen LogP contribution is -2.22. The SMILES string of the molecule is CC(N[C@@H](C)c1cccc(Cl)c1)c1ccccc1. The van der Waals surface area contributed by atoms with Crippen LogP contribution in [0.1, 0.15) is 37.1 Å². The van der Waals surface area contributed by atoms with Crippen LogP contribution < -0.4 is 5.32 Å². The van der Waals surface area contributed by atoms with Gasteiger partial charge in [0.25, 0.3) is 0 Å². The Kier molecular flexibility index (Phi) is 4.40. The zero-order valence-corrected chi connectivity index (χ0v) is 11.5. The maximum Gasteiger partial charge on any atom is 0.0409 e. The van der Waals surface area contributed by atoms with Gasteiger partial charge in [0.05, 0.1) is 0 Å². The van der Waals surface area contributed by atoms with Crippen molar-refractivity contribution in [3.63, 3.8) is 0 Å². The summed E-state index contributed by atoms with van der Waals surface area (Å²) >= 11 is 6.01. The Morgan fingerprint density at radius 1 is 0.833 bits per heavy atom. The van der Waals surface area contributed by atoms with Gasteiger partial charge in [-0.15, -0.1) is 0 Å². The fourth-order valence-electron chi connectivity index (χ4n) is 2.09. The van der Waals surface area contributed by atoms with Gasteiger partial charge < -0.3 is 5.32 Å². The van der Waals surface area contributed by atoms with E-state index in [1.54, 1.807) is 0 Å². The molecule has 2 rings (SSSR count). The summed E-state index contributed by atoms with van der Waals surface area (Å²) in [6.45, 7) is 4.33. The van der Waals surface area contributed by atoms with Crippen LogP contribution in [-0.2, 0) is 0 Å². The van der Waals surface area contributed by atoms with Crippen molar-refractivity contribution < 1.29 is 0 Å². The fraction of sp³-hybridized carbons (Fsp3) is 0.250. The zero-order chi connectivity index (χ0) is 13.0. The molecule has 0 aromatic heterocycles. The molecule has 0 aliphatic rings. The second-order valence-electron chi connectivity index (χ2n) is 4.58. The predicted octanol–water partition coefficient (Wildman–Crippen LogP) is 4.75. The average Bonchev–Trinajstić information content (AvgIpc) is 2.39. The summed E-state index contributed by atoms with van der Waals surface area (Å²) in [5.41, 5.74) is 2.51. The number of hydrogen-bond acceptors (Lipinski definition) is 1. The summed E-state index contributed by atoms with van der Waals surface area (Å²) in [4.78, 5) is 0. The monoisotopic (exact) mass is 259 g/mol. The van der Waals surface area contributed by atoms with E-state index in [-0.39, 0.29) is 6.04 Å². The Morgan fingerprint density at radius 3 is 2.11 bits per heavy atom. The lowest BCUT2D eigenvalue weighted by molar-refractivity contribution is 0.495. The van der Waals surface area contributed by atoms with Crippen LogP contribution >= 0.6 is 11.6 Å². The molecule has 0 fully saturated rings. The molecule has 0 saturated carbocycles. The largest absolute Gasteiger partial charge is 0.304 e. The Bertz CT molecular complexity index is 495. The van der Waals surface area contributed by atoms with E-state index in [9.17, 15) is 0 Å². The van der Waals surface area contributed by atoms with Gasteiger partial charge in [-0.25, -0.2) is 0 Å². The molecule has 1 nitrogen and oxygen atoms in total. The van der Waals surface area contributed by atoms with Crippen molar-refractivity contribution in [3.05, 3.63) is 70.7 Å². The fourth-order valence-corrected chi connectivity index (χ4v) is 2.28. The number of rotatable bonds is 4. The van der Waals surface area contributed by atoms with Gasteiger partial charge in [0, 0.05) is 17.1 Å². The van der Waals surface area contributed by atoms with E-state index >= 15 is 0 Å². The minimum absolute atomic E-state index is 0.277. The molecular formula is C16H18ClN. The minimum atomic E-state index is 0.277. The van der Waals surface area contributed by atoms with Crippen molar-refractivity contribution in [3.8, 4) is 0 Å². The highest BCUT2D eigenvalue weighted by atomic mass is 35.5. The van der Waals surface area contributed by atoms with Crippen LogP contribution in [0.2, 0.25) is 5.02 Å². The van der Waals surface area contributed by atoms with E-state index in [1.807, 2.05) is 24.3 Å². The van der Waals surface area contributed by atoms with Crippen molar-refractivity contribution in [2.45, 2.75) is 25.9 Å². The Labute approximate surface area is 114 Å². The molecular weight excluding hydrogens is 242 g/mol. The molecule has 2 atom stereocenters. The molecule has 94 valence electrons. The summed E-state index contributed by atoms with van der Waals surface area (Å²) in [5.74, 6) is 0. The van der Waals surface area contributed by atoms with Crippen LogP contribution in [0.4, 0.5) is 0 Å². The first kappa shape index (κ1) is 13.1. The van der Waals surface area contributed by atoms with Gasteiger partial charge in [0.15, 0.2) is 0 Å². The third-order valence-electron chi connectivity index (χ3n) is 3.15. The van der Waals surface area contributed by atoms with Crippen LogP contribution in [0.3, 0.4) is 0 Å². The molecule has 1 unspecified atom stereocenters. The maximum absolute atomic E-state index is 6.01. The Balaban J connectivity index is 2.05. The van der Waals surface area contributed by atoms with E-state index in [0.29, 0.717) is 6.04 Å². The van der Waals surface area contributed by atoms with Crippen molar-refractivity contribution in [1.82, 2.24) is 5.32 Å². The topological polar surface area (TPSA) is 12.0 Å². The van der Waals surface area contributed by atoms with E-state index in [2.05, 4.69) is 49.5 Å². The molecule has 0 spiro atoms. The van der Waals surface area contributed by atoms with Crippen molar-refractivity contribution in [2.24, 2.45) is 0 Å². The molecule has 18 heavy (non-hydrogen) atoms. The summed E-state index contributed by atoms with van der Waals surface area (Å²) in [6, 6.07) is 19.1. The van der Waals surface area contributed by atoms with Crippen molar-refractivity contribution >= 4 is 11.6 Å². The van der Waals surface area contributed by atoms with Gasteiger partial charge >= 0.3 is 0 Å². The molecule has 0 heterocycles. The quantitative estimate of drug-likeness (QED) is 0.835. The first-order valence-electron chi connectivity index (χ1n) is 6.23. The standard InChI is InChI=1S/C16H18ClN/c1-12(14-7-4-3-5-8-14)18-13(2)15-9-6-10-16(17)11-15/h3-13,18H,1-2H3/t12?,13-/m0/s1. The lowest BCUT2D eigenvalue weighted by Gasteiger charge is -2.21. The minimum Gasteiger partial charge on any atom is -0.304 e. The van der Waals surface area contributed by atoms with Gasteiger partial charge in [-0.05, 0) is 37.1 Å². The first-order chi connectivity index (χ1) is 8.66. The highest BCUT2D eigenvalue weighted by Crippen LogP contribution is 2.21. The highest BCUT2D eigenvalue weighted by molar-refractivity contribution is 6.30. The molecule has 0 aliphatic heterocycles. The van der Waals surface area contributed by atoms with Crippen LogP contribution in [0, 0.1) is 0 Å². The van der Waals surface area contributed by atoms with E-state index < -0.39 is 0 Å². The average molecular weight is 260 g/mol. The molecule has 0 amide bonds. The van der Waals surface area contributed by atoms with Crippen LogP contribution in [0.25, 0.3) is 0 Å². The highest BCUT2D eigenvalue weighted by Gasteiger charge is 2.10. The molecule has 2 aromatic rings. The normalized spacial score (nSPS) is 14.2. The smallest absolute Gasteiger partial charge is 0.0409 e. The lowest BCUT2D eigenvalue weighted by atomic mass is 10.0. The third-order valence-corrected chi connectivity index (χ3v) is 3.38. The predicted molar refractivity (Wildman–Crippen MR) is 77.9 cm³/mol. The first-order valence-corrected chi connectivity index (χ1v) is 6.61. The van der Waals surface area contributed by atoms with Gasteiger partial charge in [0.1, 0.15) is 0 Å². The summed E-state index contributed by atoms with van der Waals surface area (Å²) < 4.78 is 0. The number of hydrogen-bond donors (Lipinski definition) is 1. The van der Waals surface area contributed by atoms with Gasteiger partial charge in [-0.1, -0.05) is 54.1 Å². The molecule has 0 saturated heterocycles. The van der Waals surface area contributed by atoms with Crippen molar-refractivity contribution in [1.29, 1.82) is 0 Å². The number of benzene rings is 2. The van der Waals surface area contributed by atoms with Crippen molar-refractivity contribution in [2.75, 3.05) is 0 Å². The molecule has 2 heteroatoms. The number of nitrogens with one attached hydrogen (secondary N) is 1. The molecule has 1 N–H and O–H groups in total. The zero-order valence-electron chi connectivity index (χ0n) is 10.7. The van der Waals surface area contributed by atoms with Crippen LogP contribution in [0.5, 0.6) is 0 Å². The summed E-state index contributed by atoms with van der Waals surface area (Å²) in [5, 5.41) is 4.37. The van der Waals surface area contributed by atoms with Gasteiger partial charge in [-0.2, -0.15) is 0 Å². The van der Waals surface area contributed by atoms with Gasteiger partial charge in [-0.3, -0.25) is 0 Å². The molecule has 0 radical (unpaired) electrons. The molecule has 2 aromatic carbocycles. The van der Waals surface area contributed by atoms with E-state index in [1.165, 1.54) is 11.1 Å². The molecule has 0 bridgehead atoms. The van der Waals surface area contributed by atoms with Crippen LogP contribution in [-0.4, -0.2) is 0 Å². The summed E-state index contributed by atoms with van der Waals surface area (Å²) in [6.07, 6.45) is 0. The third kappa shape index (κ3) is 3.34. The summed E-state index contributed by atoms with van der Waals surface area (Å²) in [7, 11) is 0. The second kappa shape index (κ2) is 6.03. The Hall–Kier alpha value is -1.31. The Morgan fingerprint density at radius 2 is 1.44 bits per heavy atom. The van der Waals surface area contributed by atoms with E-state index in [0.717, 1.165) is 5.02 Å².